The maximum Gasteiger partial charge on any atom is 0.267 e. The second-order valence-corrected chi connectivity index (χ2v) is 7.07. The van der Waals surface area contributed by atoms with Crippen LogP contribution in [0.25, 0.3) is 0 Å². The van der Waals surface area contributed by atoms with Crippen LogP contribution in [-0.4, -0.2) is 11.0 Å². The van der Waals surface area contributed by atoms with E-state index in [2.05, 4.69) is 54.0 Å². The molecule has 4 nitrogen and oxygen atoms in total. The number of carbonyl (C=O) groups excluding carboxylic acids is 1. The Bertz CT molecular complexity index is 829. The van der Waals surface area contributed by atoms with Crippen molar-refractivity contribution in [2.75, 3.05) is 5.32 Å². The minimum Gasteiger partial charge on any atom is -0.323 e. The summed E-state index contributed by atoms with van der Waals surface area (Å²) in [5.41, 5.74) is 8.37. The fourth-order valence-corrected chi connectivity index (χ4v) is 4.05. The number of nitrogens with one attached hydrogen (secondary N) is 2. The lowest BCUT2D eigenvalue weighted by molar-refractivity contribution is -0.118. The zero-order valence-corrected chi connectivity index (χ0v) is 13.8. The highest BCUT2D eigenvalue weighted by molar-refractivity contribution is 8.16. The molecule has 0 unspecified atom stereocenters. The van der Waals surface area contributed by atoms with E-state index in [4.69, 9.17) is 0 Å². The number of thioether (sulfide) groups is 1. The van der Waals surface area contributed by atoms with E-state index in [9.17, 15) is 4.79 Å². The molecule has 0 bridgehead atoms. The van der Waals surface area contributed by atoms with Gasteiger partial charge >= 0.3 is 0 Å². The van der Waals surface area contributed by atoms with E-state index in [-0.39, 0.29) is 5.91 Å². The molecule has 4 rings (SSSR count). The average molecular weight is 323 g/mol. The number of carbonyl (C=O) groups is 1. The van der Waals surface area contributed by atoms with Crippen LogP contribution in [0.3, 0.4) is 0 Å². The summed E-state index contributed by atoms with van der Waals surface area (Å²) in [6.07, 6.45) is 0.938. The number of hydrogen-bond donors (Lipinski definition) is 2. The van der Waals surface area contributed by atoms with Gasteiger partial charge in [-0.1, -0.05) is 54.6 Å². The van der Waals surface area contributed by atoms with Crippen molar-refractivity contribution in [3.8, 4) is 0 Å². The van der Waals surface area contributed by atoms with Crippen molar-refractivity contribution in [3.05, 3.63) is 64.7 Å². The minimum absolute atomic E-state index is 0.0587. The molecule has 2 aromatic rings. The molecule has 2 aromatic carbocycles. The van der Waals surface area contributed by atoms with E-state index in [1.54, 1.807) is 0 Å². The standard InChI is InChI=1S/C18H17N3OS/c1-3-12-6-9-15-14(10-12)18(17(22)19-15)21-20-16(23-18)13-7-4-11(2)5-8-13/h4-10,21H,3H2,1-2H3,(H,19,22)/t18-/m0/s1. The average Bonchev–Trinajstić information content (AvgIpc) is 3.12. The van der Waals surface area contributed by atoms with Crippen molar-refractivity contribution in [2.45, 2.75) is 25.1 Å². The van der Waals surface area contributed by atoms with Crippen LogP contribution < -0.4 is 10.7 Å². The summed E-state index contributed by atoms with van der Waals surface area (Å²) in [6.45, 7) is 4.17. The highest BCUT2D eigenvalue weighted by Gasteiger charge is 2.52. The van der Waals surface area contributed by atoms with Crippen molar-refractivity contribution < 1.29 is 4.79 Å². The summed E-state index contributed by atoms with van der Waals surface area (Å²) in [5, 5.41) is 8.25. The zero-order chi connectivity index (χ0) is 16.0. The summed E-state index contributed by atoms with van der Waals surface area (Å²) < 4.78 is 0. The molecular formula is C18H17N3OS. The molecule has 0 radical (unpaired) electrons. The van der Waals surface area contributed by atoms with E-state index in [0.717, 1.165) is 28.3 Å². The third-order valence-corrected chi connectivity index (χ3v) is 5.63. The molecule has 116 valence electrons. The third kappa shape index (κ3) is 2.15. The molecule has 23 heavy (non-hydrogen) atoms. The Balaban J connectivity index is 1.72. The number of fused-ring (bicyclic) bond motifs is 2. The van der Waals surface area contributed by atoms with Crippen LogP contribution in [0.1, 0.15) is 29.2 Å². The first kappa shape index (κ1) is 14.3. The lowest BCUT2D eigenvalue weighted by atomic mass is 10.0. The topological polar surface area (TPSA) is 53.5 Å². The Labute approximate surface area is 139 Å². The third-order valence-electron chi connectivity index (χ3n) is 4.30. The van der Waals surface area contributed by atoms with Crippen LogP contribution in [0.15, 0.2) is 47.6 Å². The molecule has 0 saturated heterocycles. The highest BCUT2D eigenvalue weighted by Crippen LogP contribution is 2.48. The van der Waals surface area contributed by atoms with E-state index in [0.29, 0.717) is 0 Å². The second kappa shape index (κ2) is 5.13. The maximum absolute atomic E-state index is 12.6. The zero-order valence-electron chi connectivity index (χ0n) is 13.0. The molecule has 0 saturated carbocycles. The van der Waals surface area contributed by atoms with E-state index < -0.39 is 4.87 Å². The number of amides is 1. The van der Waals surface area contributed by atoms with Gasteiger partial charge in [0.25, 0.3) is 5.91 Å². The van der Waals surface area contributed by atoms with Crippen LogP contribution in [0.4, 0.5) is 5.69 Å². The smallest absolute Gasteiger partial charge is 0.267 e. The Hall–Kier alpha value is -2.27. The maximum atomic E-state index is 12.6. The highest BCUT2D eigenvalue weighted by atomic mass is 32.2. The molecule has 0 aliphatic carbocycles. The summed E-state index contributed by atoms with van der Waals surface area (Å²) in [4.78, 5) is 11.8. The number of benzene rings is 2. The molecule has 2 heterocycles. The molecule has 2 aliphatic heterocycles. The predicted octanol–water partition coefficient (Wildman–Crippen LogP) is 3.36. The van der Waals surface area contributed by atoms with E-state index >= 15 is 0 Å². The Morgan fingerprint density at radius 2 is 1.96 bits per heavy atom. The SMILES string of the molecule is CCc1ccc2c(c1)[C@@]1(NN=C(c3ccc(C)cc3)S1)C(=O)N2. The van der Waals surface area contributed by atoms with Gasteiger partial charge in [-0.25, -0.2) is 0 Å². The molecule has 1 spiro atoms. The molecule has 0 aromatic heterocycles. The molecule has 5 heteroatoms. The fraction of sp³-hybridized carbons (Fsp3) is 0.222. The van der Waals surface area contributed by atoms with Crippen molar-refractivity contribution in [1.82, 2.24) is 5.43 Å². The van der Waals surface area contributed by atoms with Crippen molar-refractivity contribution in [3.63, 3.8) is 0 Å². The van der Waals surface area contributed by atoms with Gasteiger partial charge in [0.05, 0.1) is 0 Å². The molecule has 2 N–H and O–H groups in total. The number of rotatable bonds is 2. The van der Waals surface area contributed by atoms with Gasteiger partial charge in [0.15, 0.2) is 0 Å². The number of hydrazone groups is 1. The van der Waals surface area contributed by atoms with E-state index in [1.165, 1.54) is 22.9 Å². The molecular weight excluding hydrogens is 306 g/mol. The summed E-state index contributed by atoms with van der Waals surface area (Å²) >= 11 is 1.48. The molecule has 2 aliphatic rings. The molecule has 1 amide bonds. The minimum atomic E-state index is -0.846. The second-order valence-electron chi connectivity index (χ2n) is 5.87. The van der Waals surface area contributed by atoms with Crippen LogP contribution >= 0.6 is 11.8 Å². The Kier molecular flexibility index (Phi) is 3.20. The Morgan fingerprint density at radius 1 is 1.17 bits per heavy atom. The molecule has 1 atom stereocenters. The normalized spacial score (nSPS) is 21.8. The summed E-state index contributed by atoms with van der Waals surface area (Å²) in [7, 11) is 0. The monoisotopic (exact) mass is 323 g/mol. The number of hydrogen-bond acceptors (Lipinski definition) is 4. The lowest BCUT2D eigenvalue weighted by Gasteiger charge is -2.20. The van der Waals surface area contributed by atoms with Gasteiger partial charge in [-0.15, -0.1) is 0 Å². The van der Waals surface area contributed by atoms with Crippen LogP contribution in [0.2, 0.25) is 0 Å². The van der Waals surface area contributed by atoms with Gasteiger partial charge in [-0.2, -0.15) is 5.10 Å². The summed E-state index contributed by atoms with van der Waals surface area (Å²) in [6, 6.07) is 14.3. The predicted molar refractivity (Wildman–Crippen MR) is 94.6 cm³/mol. The first-order valence-corrected chi connectivity index (χ1v) is 8.50. The quantitative estimate of drug-likeness (QED) is 0.891. The number of anilines is 1. The van der Waals surface area contributed by atoms with Gasteiger partial charge in [0.1, 0.15) is 5.04 Å². The fourth-order valence-electron chi connectivity index (χ4n) is 2.90. The van der Waals surface area contributed by atoms with Crippen LogP contribution in [0, 0.1) is 6.92 Å². The molecule has 0 fully saturated rings. The first-order chi connectivity index (χ1) is 11.1. The van der Waals surface area contributed by atoms with Crippen LogP contribution in [-0.2, 0) is 16.1 Å². The number of aryl methyl sites for hydroxylation is 2. The lowest BCUT2D eigenvalue weighted by Crippen LogP contribution is -2.39. The summed E-state index contributed by atoms with van der Waals surface area (Å²) in [5.74, 6) is -0.0587. The van der Waals surface area contributed by atoms with Crippen LogP contribution in [0.5, 0.6) is 0 Å². The van der Waals surface area contributed by atoms with Gasteiger partial charge in [0, 0.05) is 16.8 Å². The van der Waals surface area contributed by atoms with Crippen molar-refractivity contribution in [2.24, 2.45) is 5.10 Å². The van der Waals surface area contributed by atoms with Crippen molar-refractivity contribution >= 4 is 28.4 Å². The van der Waals surface area contributed by atoms with Crippen molar-refractivity contribution in [1.29, 1.82) is 0 Å². The van der Waals surface area contributed by atoms with Gasteiger partial charge in [-0.3, -0.25) is 10.2 Å². The van der Waals surface area contributed by atoms with Gasteiger partial charge in [-0.05, 0) is 31.0 Å². The van der Waals surface area contributed by atoms with Gasteiger partial charge < -0.3 is 5.32 Å². The first-order valence-electron chi connectivity index (χ1n) is 7.68. The van der Waals surface area contributed by atoms with E-state index in [1.807, 2.05) is 18.2 Å². The Morgan fingerprint density at radius 3 is 2.70 bits per heavy atom. The largest absolute Gasteiger partial charge is 0.323 e. The number of nitrogens with zero attached hydrogens (tertiary/aromatic N) is 1. The van der Waals surface area contributed by atoms with Gasteiger partial charge in [0.2, 0.25) is 4.87 Å².